The summed E-state index contributed by atoms with van der Waals surface area (Å²) in [5.74, 6) is 0.788. The average molecular weight is 355 g/mol. The Morgan fingerprint density at radius 2 is 1.90 bits per heavy atom. The number of hydrogen-bond acceptors (Lipinski definition) is 4. The fourth-order valence-electron chi connectivity index (χ4n) is 1.62. The van der Waals surface area contributed by atoms with Crippen LogP contribution in [0.1, 0.15) is 26.2 Å². The van der Waals surface area contributed by atoms with Gasteiger partial charge in [-0.1, -0.05) is 41.4 Å². The van der Waals surface area contributed by atoms with Gasteiger partial charge < -0.3 is 0 Å². The topological polar surface area (TPSA) is 51.2 Å². The maximum atomic E-state index is 12.1. The van der Waals surface area contributed by atoms with Gasteiger partial charge >= 0.3 is 0 Å². The second kappa shape index (κ2) is 8.27. The Balaban J connectivity index is 2.48. The van der Waals surface area contributed by atoms with E-state index in [1.165, 1.54) is 36.9 Å². The van der Waals surface area contributed by atoms with Gasteiger partial charge in [-0.3, -0.25) is 4.79 Å². The van der Waals surface area contributed by atoms with Gasteiger partial charge in [-0.25, -0.2) is 8.42 Å². The van der Waals surface area contributed by atoms with Crippen LogP contribution >= 0.6 is 35.0 Å². The van der Waals surface area contributed by atoms with Crippen molar-refractivity contribution in [2.24, 2.45) is 0 Å². The number of carbonyl (C=O) groups is 1. The monoisotopic (exact) mass is 354 g/mol. The van der Waals surface area contributed by atoms with Crippen LogP contribution in [0.2, 0.25) is 10.0 Å². The molecule has 112 valence electrons. The second-order valence-electron chi connectivity index (χ2n) is 4.29. The summed E-state index contributed by atoms with van der Waals surface area (Å²) in [4.78, 5) is 10.9. The lowest BCUT2D eigenvalue weighted by molar-refractivity contribution is -0.109. The van der Waals surface area contributed by atoms with E-state index in [0.29, 0.717) is 11.4 Å². The smallest absolute Gasteiger partial charge is 0.185 e. The van der Waals surface area contributed by atoms with Crippen molar-refractivity contribution in [3.8, 4) is 0 Å². The summed E-state index contributed by atoms with van der Waals surface area (Å²) in [7, 11) is -3.38. The van der Waals surface area contributed by atoms with E-state index in [9.17, 15) is 13.2 Å². The Labute approximate surface area is 134 Å². The maximum absolute atomic E-state index is 12.1. The highest BCUT2D eigenvalue weighted by Crippen LogP contribution is 2.26. The van der Waals surface area contributed by atoms with Crippen molar-refractivity contribution in [2.45, 2.75) is 31.1 Å². The van der Waals surface area contributed by atoms with Gasteiger partial charge in [0.2, 0.25) is 0 Å². The highest BCUT2D eigenvalue weighted by Gasteiger charge is 2.17. The van der Waals surface area contributed by atoms with E-state index in [1.54, 1.807) is 0 Å². The van der Waals surface area contributed by atoms with Gasteiger partial charge in [-0.15, -0.1) is 0 Å². The van der Waals surface area contributed by atoms with E-state index in [1.807, 2.05) is 0 Å². The molecule has 1 rings (SSSR count). The van der Waals surface area contributed by atoms with Crippen molar-refractivity contribution in [3.05, 3.63) is 28.2 Å². The van der Waals surface area contributed by atoms with Crippen molar-refractivity contribution in [1.29, 1.82) is 0 Å². The van der Waals surface area contributed by atoms with Gasteiger partial charge in [0.25, 0.3) is 0 Å². The lowest BCUT2D eigenvalue weighted by atomic mass is 10.3. The van der Waals surface area contributed by atoms with Crippen LogP contribution in [0.25, 0.3) is 0 Å². The molecule has 0 aliphatic rings. The van der Waals surface area contributed by atoms with Crippen LogP contribution in [0.5, 0.6) is 0 Å². The fourth-order valence-corrected chi connectivity index (χ4v) is 4.46. The number of benzene rings is 1. The summed E-state index contributed by atoms with van der Waals surface area (Å²) in [6.07, 6.45) is 2.15. The van der Waals surface area contributed by atoms with E-state index in [0.717, 1.165) is 18.6 Å². The zero-order valence-electron chi connectivity index (χ0n) is 11.1. The highest BCUT2D eigenvalue weighted by molar-refractivity contribution is 8.13. The van der Waals surface area contributed by atoms with Gasteiger partial charge in [0.1, 0.15) is 0 Å². The summed E-state index contributed by atoms with van der Waals surface area (Å²) >= 11 is 12.9. The minimum Gasteiger partial charge on any atom is -0.288 e. The molecular formula is C13H16Cl2O3S2. The largest absolute Gasteiger partial charge is 0.288 e. The predicted molar refractivity (Wildman–Crippen MR) is 85.5 cm³/mol. The molecule has 0 aliphatic carbocycles. The molecule has 0 spiro atoms. The SMILES string of the molecule is CC(=O)SCCCCCS(=O)(=O)c1ccc(Cl)cc1Cl. The van der Waals surface area contributed by atoms with E-state index < -0.39 is 9.84 Å². The van der Waals surface area contributed by atoms with E-state index in [4.69, 9.17) is 23.2 Å². The van der Waals surface area contributed by atoms with Gasteiger partial charge in [0, 0.05) is 17.7 Å². The Morgan fingerprint density at radius 1 is 1.20 bits per heavy atom. The lowest BCUT2D eigenvalue weighted by Crippen LogP contribution is -2.07. The van der Waals surface area contributed by atoms with Crippen LogP contribution in [0, 0.1) is 0 Å². The lowest BCUT2D eigenvalue weighted by Gasteiger charge is -2.06. The zero-order valence-corrected chi connectivity index (χ0v) is 14.2. The molecule has 0 saturated carbocycles. The first-order valence-electron chi connectivity index (χ1n) is 6.14. The molecule has 0 radical (unpaired) electrons. The molecule has 20 heavy (non-hydrogen) atoms. The molecule has 0 aromatic heterocycles. The fraction of sp³-hybridized carbons (Fsp3) is 0.462. The normalized spacial score (nSPS) is 11.6. The van der Waals surface area contributed by atoms with Gasteiger partial charge in [-0.2, -0.15) is 0 Å². The number of hydrogen-bond donors (Lipinski definition) is 0. The van der Waals surface area contributed by atoms with Gasteiger partial charge in [0.15, 0.2) is 15.0 Å². The van der Waals surface area contributed by atoms with E-state index in [-0.39, 0.29) is 20.8 Å². The minimum atomic E-state index is -3.38. The molecule has 0 fully saturated rings. The summed E-state index contributed by atoms with van der Waals surface area (Å²) in [5, 5.41) is 0.658. The summed E-state index contributed by atoms with van der Waals surface area (Å²) in [6, 6.07) is 4.38. The molecule has 0 unspecified atom stereocenters. The van der Waals surface area contributed by atoms with Crippen molar-refractivity contribution in [1.82, 2.24) is 0 Å². The molecule has 0 amide bonds. The average Bonchev–Trinajstić information content (AvgIpc) is 2.32. The van der Waals surface area contributed by atoms with Crippen LogP contribution in [-0.2, 0) is 14.6 Å². The number of rotatable bonds is 7. The molecule has 3 nitrogen and oxygen atoms in total. The third kappa shape index (κ3) is 6.04. The van der Waals surface area contributed by atoms with Crippen LogP contribution in [0.15, 0.2) is 23.1 Å². The molecule has 1 aromatic carbocycles. The van der Waals surface area contributed by atoms with E-state index >= 15 is 0 Å². The summed E-state index contributed by atoms with van der Waals surface area (Å²) in [5.41, 5.74) is 0. The Morgan fingerprint density at radius 3 is 2.50 bits per heavy atom. The minimum absolute atomic E-state index is 0.0547. The first-order chi connectivity index (χ1) is 9.33. The molecular weight excluding hydrogens is 339 g/mol. The number of unbranched alkanes of at least 4 members (excludes halogenated alkanes) is 2. The summed E-state index contributed by atoms with van der Waals surface area (Å²) < 4.78 is 24.2. The zero-order chi connectivity index (χ0) is 15.2. The third-order valence-corrected chi connectivity index (χ3v) is 6.00. The van der Waals surface area contributed by atoms with E-state index in [2.05, 4.69) is 0 Å². The highest BCUT2D eigenvalue weighted by atomic mass is 35.5. The molecule has 0 saturated heterocycles. The van der Waals surface area contributed by atoms with Crippen LogP contribution in [-0.4, -0.2) is 25.0 Å². The first kappa shape index (κ1) is 17.8. The molecule has 0 N–H and O–H groups in total. The number of halogens is 2. The van der Waals surface area contributed by atoms with Crippen molar-refractivity contribution in [2.75, 3.05) is 11.5 Å². The van der Waals surface area contributed by atoms with Gasteiger partial charge in [0.05, 0.1) is 15.7 Å². The third-order valence-electron chi connectivity index (χ3n) is 2.59. The van der Waals surface area contributed by atoms with Crippen LogP contribution in [0.3, 0.4) is 0 Å². The predicted octanol–water partition coefficient (Wildman–Crippen LogP) is 4.22. The Bertz CT molecular complexity index is 571. The van der Waals surface area contributed by atoms with Gasteiger partial charge in [-0.05, 0) is 31.0 Å². The Kier molecular flexibility index (Phi) is 7.37. The number of carbonyl (C=O) groups excluding carboxylic acids is 1. The quantitative estimate of drug-likeness (QED) is 0.688. The van der Waals surface area contributed by atoms with Crippen molar-refractivity contribution >= 4 is 49.9 Å². The molecule has 7 heteroatoms. The maximum Gasteiger partial charge on any atom is 0.185 e. The van der Waals surface area contributed by atoms with Crippen LogP contribution in [0.4, 0.5) is 0 Å². The Hall–Kier alpha value is -0.230. The summed E-state index contributed by atoms with van der Waals surface area (Å²) in [6.45, 7) is 1.53. The second-order valence-corrected chi connectivity index (χ2v) is 8.49. The van der Waals surface area contributed by atoms with Crippen molar-refractivity contribution < 1.29 is 13.2 Å². The molecule has 0 bridgehead atoms. The van der Waals surface area contributed by atoms with Crippen molar-refractivity contribution in [3.63, 3.8) is 0 Å². The molecule has 0 heterocycles. The number of thioether (sulfide) groups is 1. The molecule has 0 aliphatic heterocycles. The first-order valence-corrected chi connectivity index (χ1v) is 9.53. The molecule has 0 atom stereocenters. The van der Waals surface area contributed by atoms with Crippen LogP contribution < -0.4 is 0 Å². The number of sulfone groups is 1. The standard InChI is InChI=1S/C13H16Cl2O3S2/c1-10(16)19-7-3-2-4-8-20(17,18)13-6-5-11(14)9-12(13)15/h5-6,9H,2-4,7-8H2,1H3. The molecule has 1 aromatic rings.